The molecular formula is C9H14N4O3. The summed E-state index contributed by atoms with van der Waals surface area (Å²) in [6.45, 7) is 4.98. The summed E-state index contributed by atoms with van der Waals surface area (Å²) in [7, 11) is 0. The lowest BCUT2D eigenvalue weighted by Crippen LogP contribution is -2.27. The van der Waals surface area contributed by atoms with E-state index in [1.54, 1.807) is 20.8 Å². The topological polar surface area (TPSA) is 97.1 Å². The first-order chi connectivity index (χ1) is 7.29. The maximum Gasteiger partial charge on any atom is 0.327 e. The predicted molar refractivity (Wildman–Crippen MR) is 55.7 cm³/mol. The Balaban J connectivity index is 2.66. The normalized spacial score (nSPS) is 11.2. The molecule has 0 unspecified atom stereocenters. The van der Waals surface area contributed by atoms with Crippen LogP contribution in [-0.2, 0) is 16.1 Å². The molecule has 0 aliphatic rings. The van der Waals surface area contributed by atoms with Gasteiger partial charge < -0.3 is 10.4 Å². The largest absolute Gasteiger partial charge is 0.480 e. The smallest absolute Gasteiger partial charge is 0.327 e. The molecule has 1 rings (SSSR count). The number of nitrogens with zero attached hydrogens (tertiary/aromatic N) is 3. The third kappa shape index (κ3) is 3.34. The fourth-order valence-electron chi connectivity index (χ4n) is 0.856. The van der Waals surface area contributed by atoms with Crippen molar-refractivity contribution >= 4 is 17.7 Å². The molecular weight excluding hydrogens is 212 g/mol. The van der Waals surface area contributed by atoms with E-state index < -0.39 is 11.4 Å². The van der Waals surface area contributed by atoms with Crippen LogP contribution in [-0.4, -0.2) is 32.0 Å². The minimum atomic E-state index is -1.04. The number of amides is 1. The quantitative estimate of drug-likeness (QED) is 0.774. The van der Waals surface area contributed by atoms with Crippen LogP contribution < -0.4 is 5.32 Å². The van der Waals surface area contributed by atoms with Crippen LogP contribution in [0, 0.1) is 5.41 Å². The number of carboxylic acids is 1. The van der Waals surface area contributed by atoms with Gasteiger partial charge in [-0.3, -0.25) is 9.59 Å². The molecule has 0 aliphatic heterocycles. The minimum Gasteiger partial charge on any atom is -0.480 e. The van der Waals surface area contributed by atoms with Crippen LogP contribution in [0.5, 0.6) is 0 Å². The van der Waals surface area contributed by atoms with Crippen LogP contribution in [0.1, 0.15) is 20.8 Å². The molecule has 0 atom stereocenters. The number of carboxylic acid groups (broad SMARTS) is 1. The van der Waals surface area contributed by atoms with E-state index >= 15 is 0 Å². The highest BCUT2D eigenvalue weighted by Crippen LogP contribution is 2.15. The van der Waals surface area contributed by atoms with E-state index in [0.717, 1.165) is 4.80 Å². The number of aromatic nitrogens is 3. The van der Waals surface area contributed by atoms with Crippen molar-refractivity contribution in [3.63, 3.8) is 0 Å². The van der Waals surface area contributed by atoms with Gasteiger partial charge in [-0.2, -0.15) is 9.90 Å². The van der Waals surface area contributed by atoms with Gasteiger partial charge in [-0.25, -0.2) is 0 Å². The Labute approximate surface area is 92.4 Å². The lowest BCUT2D eigenvalue weighted by molar-refractivity contribution is -0.138. The summed E-state index contributed by atoms with van der Waals surface area (Å²) < 4.78 is 0. The minimum absolute atomic E-state index is 0.199. The molecule has 0 saturated carbocycles. The lowest BCUT2D eigenvalue weighted by atomic mass is 9.96. The van der Waals surface area contributed by atoms with E-state index in [1.165, 1.54) is 6.20 Å². The van der Waals surface area contributed by atoms with Gasteiger partial charge in [0.25, 0.3) is 0 Å². The van der Waals surface area contributed by atoms with E-state index in [9.17, 15) is 9.59 Å². The molecule has 0 bridgehead atoms. The molecule has 7 nitrogen and oxygen atoms in total. The number of hydrogen-bond acceptors (Lipinski definition) is 4. The fraction of sp³-hybridized carbons (Fsp3) is 0.556. The molecule has 88 valence electrons. The molecule has 1 aromatic heterocycles. The van der Waals surface area contributed by atoms with Crippen molar-refractivity contribution in [1.82, 2.24) is 15.0 Å². The third-order valence-electron chi connectivity index (χ3n) is 1.74. The summed E-state index contributed by atoms with van der Waals surface area (Å²) in [6.07, 6.45) is 1.31. The summed E-state index contributed by atoms with van der Waals surface area (Å²) >= 11 is 0. The van der Waals surface area contributed by atoms with Gasteiger partial charge in [0, 0.05) is 5.41 Å². The molecule has 1 heterocycles. The number of hydrogen-bond donors (Lipinski definition) is 2. The molecule has 0 fully saturated rings. The molecule has 7 heteroatoms. The Morgan fingerprint density at radius 1 is 1.50 bits per heavy atom. The monoisotopic (exact) mass is 226 g/mol. The average molecular weight is 226 g/mol. The highest BCUT2D eigenvalue weighted by atomic mass is 16.4. The zero-order chi connectivity index (χ0) is 12.3. The van der Waals surface area contributed by atoms with Gasteiger partial charge in [-0.15, -0.1) is 5.10 Å². The Morgan fingerprint density at radius 3 is 2.62 bits per heavy atom. The fourth-order valence-corrected chi connectivity index (χ4v) is 0.856. The van der Waals surface area contributed by atoms with Gasteiger partial charge in [0.1, 0.15) is 0 Å². The molecule has 2 N–H and O–H groups in total. The van der Waals surface area contributed by atoms with Crippen LogP contribution in [0.25, 0.3) is 0 Å². The molecule has 0 aliphatic carbocycles. The number of carbonyl (C=O) groups is 2. The van der Waals surface area contributed by atoms with Crippen molar-refractivity contribution in [2.45, 2.75) is 27.3 Å². The highest BCUT2D eigenvalue weighted by molar-refractivity contribution is 5.93. The van der Waals surface area contributed by atoms with Crippen molar-refractivity contribution in [2.24, 2.45) is 5.41 Å². The van der Waals surface area contributed by atoms with Crippen LogP contribution >= 0.6 is 0 Å². The maximum absolute atomic E-state index is 11.6. The predicted octanol–water partition coefficient (Wildman–Crippen LogP) is 0.347. The number of carbonyl (C=O) groups excluding carboxylic acids is 1. The molecule has 1 aromatic rings. The summed E-state index contributed by atoms with van der Waals surface area (Å²) in [5.74, 6) is -0.986. The first-order valence-corrected chi connectivity index (χ1v) is 4.72. The summed E-state index contributed by atoms with van der Waals surface area (Å²) in [4.78, 5) is 22.9. The van der Waals surface area contributed by atoms with Gasteiger partial charge in [0.05, 0.1) is 6.20 Å². The zero-order valence-electron chi connectivity index (χ0n) is 9.39. The standard InChI is InChI=1S/C9H14N4O3/c1-9(2,3)8(16)11-6-4-10-13(12-6)5-7(14)15/h4H,5H2,1-3H3,(H,14,15)(H,11,12,16). The van der Waals surface area contributed by atoms with E-state index in [-0.39, 0.29) is 18.3 Å². The van der Waals surface area contributed by atoms with Crippen LogP contribution in [0.3, 0.4) is 0 Å². The Morgan fingerprint density at radius 2 is 2.12 bits per heavy atom. The average Bonchev–Trinajstić information content (AvgIpc) is 2.49. The molecule has 1 amide bonds. The zero-order valence-corrected chi connectivity index (χ0v) is 9.39. The third-order valence-corrected chi connectivity index (χ3v) is 1.74. The SMILES string of the molecule is CC(C)(C)C(=O)Nc1cnn(CC(=O)O)n1. The van der Waals surface area contributed by atoms with Gasteiger partial charge in [-0.05, 0) is 0 Å². The van der Waals surface area contributed by atoms with Crippen molar-refractivity contribution in [1.29, 1.82) is 0 Å². The number of rotatable bonds is 3. The van der Waals surface area contributed by atoms with Crippen LogP contribution in [0.4, 0.5) is 5.82 Å². The van der Waals surface area contributed by atoms with Gasteiger partial charge >= 0.3 is 5.97 Å². The Kier molecular flexibility index (Phi) is 3.26. The number of nitrogens with one attached hydrogen (secondary N) is 1. The number of aliphatic carboxylic acids is 1. The van der Waals surface area contributed by atoms with Gasteiger partial charge in [0.15, 0.2) is 12.4 Å². The highest BCUT2D eigenvalue weighted by Gasteiger charge is 2.22. The maximum atomic E-state index is 11.6. The summed E-state index contributed by atoms with van der Waals surface area (Å²) in [5.41, 5.74) is -0.531. The Bertz CT molecular complexity index is 405. The number of anilines is 1. The Hall–Kier alpha value is -1.92. The first kappa shape index (κ1) is 12.2. The van der Waals surface area contributed by atoms with E-state index in [0.29, 0.717) is 0 Å². The molecule has 0 aromatic carbocycles. The van der Waals surface area contributed by atoms with E-state index in [4.69, 9.17) is 5.11 Å². The van der Waals surface area contributed by atoms with Crippen molar-refractivity contribution in [3.8, 4) is 0 Å². The molecule has 16 heavy (non-hydrogen) atoms. The first-order valence-electron chi connectivity index (χ1n) is 4.72. The van der Waals surface area contributed by atoms with E-state index in [2.05, 4.69) is 15.5 Å². The van der Waals surface area contributed by atoms with Gasteiger partial charge in [-0.1, -0.05) is 20.8 Å². The summed E-state index contributed by atoms with van der Waals surface area (Å²) in [6, 6.07) is 0. The lowest BCUT2D eigenvalue weighted by Gasteiger charge is -2.15. The van der Waals surface area contributed by atoms with Crippen molar-refractivity contribution < 1.29 is 14.7 Å². The molecule has 0 spiro atoms. The second kappa shape index (κ2) is 4.30. The van der Waals surface area contributed by atoms with E-state index in [1.807, 2.05) is 0 Å². The van der Waals surface area contributed by atoms with Crippen LogP contribution in [0.2, 0.25) is 0 Å². The molecule has 0 radical (unpaired) electrons. The van der Waals surface area contributed by atoms with Crippen molar-refractivity contribution in [3.05, 3.63) is 6.20 Å². The van der Waals surface area contributed by atoms with Gasteiger partial charge in [0.2, 0.25) is 5.91 Å². The second-order valence-electron chi connectivity index (χ2n) is 4.36. The second-order valence-corrected chi connectivity index (χ2v) is 4.36. The summed E-state index contributed by atoms with van der Waals surface area (Å²) in [5, 5.41) is 18.5. The van der Waals surface area contributed by atoms with Crippen LogP contribution in [0.15, 0.2) is 6.20 Å². The molecule has 0 saturated heterocycles. The van der Waals surface area contributed by atoms with Crippen molar-refractivity contribution in [2.75, 3.05) is 5.32 Å².